The van der Waals surface area contributed by atoms with Gasteiger partial charge in [-0.05, 0) is 30.3 Å². The monoisotopic (exact) mass is 453 g/mol. The van der Waals surface area contributed by atoms with Gasteiger partial charge in [-0.25, -0.2) is 9.97 Å². The van der Waals surface area contributed by atoms with Gasteiger partial charge < -0.3 is 9.15 Å². The molecule has 0 saturated carbocycles. The van der Waals surface area contributed by atoms with Gasteiger partial charge in [0.2, 0.25) is 11.8 Å². The van der Waals surface area contributed by atoms with Crippen molar-refractivity contribution >= 4 is 34.3 Å². The number of morpholine rings is 1. The smallest absolute Gasteiger partial charge is 0.247 e. The lowest BCUT2D eigenvalue weighted by Crippen LogP contribution is -2.36. The Hall–Kier alpha value is -2.52. The third kappa shape index (κ3) is 4.88. The molecule has 2 aromatic heterocycles. The average Bonchev–Trinajstić information content (AvgIpc) is 3.28. The van der Waals surface area contributed by atoms with Gasteiger partial charge in [0.25, 0.3) is 0 Å². The standard InChI is InChI=1S/C22H20ClN5O2S/c23-16-7-5-15(6-8-16)21-27-26-20(30-21)14-31-22-17-3-1-2-4-18(17)24-19(25-22)13-28-9-11-29-12-10-28/h1-8H,9-14H2. The number of rotatable bonds is 6. The van der Waals surface area contributed by atoms with E-state index >= 15 is 0 Å². The van der Waals surface area contributed by atoms with Gasteiger partial charge in [0.1, 0.15) is 10.9 Å². The lowest BCUT2D eigenvalue weighted by Gasteiger charge is -2.25. The van der Waals surface area contributed by atoms with Gasteiger partial charge in [0.15, 0.2) is 0 Å². The van der Waals surface area contributed by atoms with Crippen molar-refractivity contribution in [1.29, 1.82) is 0 Å². The zero-order valence-electron chi connectivity index (χ0n) is 16.7. The van der Waals surface area contributed by atoms with Crippen LogP contribution in [0.15, 0.2) is 58.0 Å². The minimum absolute atomic E-state index is 0.479. The Morgan fingerprint density at radius 3 is 2.61 bits per heavy atom. The number of hydrogen-bond acceptors (Lipinski definition) is 8. The van der Waals surface area contributed by atoms with Gasteiger partial charge in [-0.15, -0.1) is 10.2 Å². The summed E-state index contributed by atoms with van der Waals surface area (Å²) in [6.45, 7) is 4.01. The first-order chi connectivity index (χ1) is 15.2. The second-order valence-electron chi connectivity index (χ2n) is 7.15. The maximum absolute atomic E-state index is 5.95. The number of para-hydroxylation sites is 1. The predicted molar refractivity (Wildman–Crippen MR) is 120 cm³/mol. The van der Waals surface area contributed by atoms with E-state index in [2.05, 4.69) is 15.1 Å². The quantitative estimate of drug-likeness (QED) is 0.313. The first-order valence-electron chi connectivity index (χ1n) is 10.0. The van der Waals surface area contributed by atoms with Crippen LogP contribution in [0.5, 0.6) is 0 Å². The molecule has 0 radical (unpaired) electrons. The van der Waals surface area contributed by atoms with Gasteiger partial charge in [-0.2, -0.15) is 0 Å². The fourth-order valence-corrected chi connectivity index (χ4v) is 4.39. The Kier molecular flexibility index (Phi) is 6.13. The summed E-state index contributed by atoms with van der Waals surface area (Å²) in [4.78, 5) is 11.9. The van der Waals surface area contributed by atoms with E-state index in [4.69, 9.17) is 30.7 Å². The van der Waals surface area contributed by atoms with Crippen LogP contribution in [0, 0.1) is 0 Å². The Labute approximate surface area is 188 Å². The summed E-state index contributed by atoms with van der Waals surface area (Å²) in [5.74, 6) is 2.37. The van der Waals surface area contributed by atoms with Crippen LogP contribution in [0.2, 0.25) is 5.02 Å². The molecule has 0 N–H and O–H groups in total. The second kappa shape index (κ2) is 9.32. The van der Waals surface area contributed by atoms with Crippen molar-refractivity contribution in [3.63, 3.8) is 0 Å². The van der Waals surface area contributed by atoms with E-state index in [0.29, 0.717) is 29.1 Å². The minimum Gasteiger partial charge on any atom is -0.420 e. The molecule has 31 heavy (non-hydrogen) atoms. The lowest BCUT2D eigenvalue weighted by atomic mass is 10.2. The van der Waals surface area contributed by atoms with Gasteiger partial charge >= 0.3 is 0 Å². The van der Waals surface area contributed by atoms with Crippen molar-refractivity contribution in [2.45, 2.75) is 17.3 Å². The van der Waals surface area contributed by atoms with Crippen LogP contribution in [0.25, 0.3) is 22.4 Å². The summed E-state index contributed by atoms with van der Waals surface area (Å²) in [6, 6.07) is 15.4. The normalized spacial score (nSPS) is 14.9. The molecule has 1 aliphatic heterocycles. The molecule has 0 unspecified atom stereocenters. The molecular formula is C22H20ClN5O2S. The molecule has 5 rings (SSSR count). The molecule has 0 atom stereocenters. The second-order valence-corrected chi connectivity index (χ2v) is 8.55. The van der Waals surface area contributed by atoms with Crippen LogP contribution in [-0.4, -0.2) is 51.4 Å². The van der Waals surface area contributed by atoms with E-state index in [1.165, 1.54) is 0 Å². The molecule has 1 saturated heterocycles. The maximum atomic E-state index is 5.95. The van der Waals surface area contributed by atoms with E-state index in [1.807, 2.05) is 36.4 Å². The van der Waals surface area contributed by atoms with Crippen molar-refractivity contribution in [3.05, 3.63) is 65.3 Å². The highest BCUT2D eigenvalue weighted by Crippen LogP contribution is 2.29. The third-order valence-electron chi connectivity index (χ3n) is 4.97. The number of ether oxygens (including phenoxy) is 1. The molecule has 0 amide bonds. The van der Waals surface area contributed by atoms with E-state index in [9.17, 15) is 0 Å². The highest BCUT2D eigenvalue weighted by molar-refractivity contribution is 7.98. The van der Waals surface area contributed by atoms with Crippen molar-refractivity contribution in [2.75, 3.05) is 26.3 Å². The van der Waals surface area contributed by atoms with Crippen LogP contribution in [0.1, 0.15) is 11.7 Å². The van der Waals surface area contributed by atoms with Crippen LogP contribution >= 0.6 is 23.4 Å². The number of benzene rings is 2. The van der Waals surface area contributed by atoms with Crippen LogP contribution in [0.4, 0.5) is 0 Å². The Bertz CT molecular complexity index is 1180. The molecule has 158 valence electrons. The SMILES string of the molecule is Clc1ccc(-c2nnc(CSc3nc(CN4CCOCC4)nc4ccccc34)o2)cc1. The van der Waals surface area contributed by atoms with E-state index in [-0.39, 0.29) is 0 Å². The molecular weight excluding hydrogens is 434 g/mol. The molecule has 1 fully saturated rings. The predicted octanol–water partition coefficient (Wildman–Crippen LogP) is 4.46. The van der Waals surface area contributed by atoms with Crippen molar-refractivity contribution < 1.29 is 9.15 Å². The fourth-order valence-electron chi connectivity index (χ4n) is 3.38. The summed E-state index contributed by atoms with van der Waals surface area (Å²) < 4.78 is 11.3. The average molecular weight is 454 g/mol. The lowest BCUT2D eigenvalue weighted by molar-refractivity contribution is 0.0330. The van der Waals surface area contributed by atoms with Gasteiger partial charge in [-0.1, -0.05) is 41.6 Å². The largest absolute Gasteiger partial charge is 0.420 e. The van der Waals surface area contributed by atoms with Crippen LogP contribution in [-0.2, 0) is 17.0 Å². The summed E-state index contributed by atoms with van der Waals surface area (Å²) in [6.07, 6.45) is 0. The number of aromatic nitrogens is 4. The molecule has 0 aliphatic carbocycles. The molecule has 0 bridgehead atoms. The van der Waals surface area contributed by atoms with Crippen molar-refractivity contribution in [3.8, 4) is 11.5 Å². The summed E-state index contributed by atoms with van der Waals surface area (Å²) in [7, 11) is 0. The number of nitrogens with zero attached hydrogens (tertiary/aromatic N) is 5. The van der Waals surface area contributed by atoms with E-state index in [0.717, 1.165) is 53.6 Å². The Balaban J connectivity index is 1.35. The molecule has 1 aliphatic rings. The minimum atomic E-state index is 0.479. The zero-order chi connectivity index (χ0) is 21.0. The summed E-state index contributed by atoms with van der Waals surface area (Å²) in [5.41, 5.74) is 1.78. The van der Waals surface area contributed by atoms with Gasteiger partial charge in [-0.3, -0.25) is 4.90 Å². The molecule has 9 heteroatoms. The van der Waals surface area contributed by atoms with Crippen molar-refractivity contribution in [2.24, 2.45) is 0 Å². The van der Waals surface area contributed by atoms with E-state index < -0.39 is 0 Å². The highest BCUT2D eigenvalue weighted by Gasteiger charge is 2.16. The molecule has 0 spiro atoms. The number of halogens is 1. The summed E-state index contributed by atoms with van der Waals surface area (Å²) >= 11 is 7.53. The fraction of sp³-hybridized carbons (Fsp3) is 0.273. The highest BCUT2D eigenvalue weighted by atomic mass is 35.5. The Morgan fingerprint density at radius 2 is 1.77 bits per heavy atom. The molecule has 2 aromatic carbocycles. The third-order valence-corrected chi connectivity index (χ3v) is 6.20. The number of thioether (sulfide) groups is 1. The molecule has 4 aromatic rings. The Morgan fingerprint density at radius 1 is 0.968 bits per heavy atom. The van der Waals surface area contributed by atoms with Gasteiger partial charge in [0.05, 0.1) is 31.0 Å². The molecule has 3 heterocycles. The van der Waals surface area contributed by atoms with E-state index in [1.54, 1.807) is 23.9 Å². The number of fused-ring (bicyclic) bond motifs is 1. The first kappa shape index (κ1) is 20.4. The number of hydrogen-bond donors (Lipinski definition) is 0. The topological polar surface area (TPSA) is 77.2 Å². The summed E-state index contributed by atoms with van der Waals surface area (Å²) in [5, 5.41) is 11.0. The van der Waals surface area contributed by atoms with Crippen LogP contribution in [0.3, 0.4) is 0 Å². The van der Waals surface area contributed by atoms with Gasteiger partial charge in [0, 0.05) is 29.1 Å². The zero-order valence-corrected chi connectivity index (χ0v) is 18.3. The maximum Gasteiger partial charge on any atom is 0.247 e. The van der Waals surface area contributed by atoms with Crippen LogP contribution < -0.4 is 0 Å². The van der Waals surface area contributed by atoms with Crippen molar-refractivity contribution in [1.82, 2.24) is 25.1 Å². The molecule has 7 nitrogen and oxygen atoms in total. The first-order valence-corrected chi connectivity index (χ1v) is 11.4.